The van der Waals surface area contributed by atoms with Crippen LogP contribution in [0.15, 0.2) is 66.7 Å². The van der Waals surface area contributed by atoms with Crippen molar-refractivity contribution in [2.75, 3.05) is 18.9 Å². The molecule has 1 aliphatic heterocycles. The highest BCUT2D eigenvalue weighted by atomic mass is 16.2. The van der Waals surface area contributed by atoms with Gasteiger partial charge in [0.05, 0.1) is 11.1 Å². The Bertz CT molecular complexity index is 1270. The van der Waals surface area contributed by atoms with E-state index in [-0.39, 0.29) is 29.5 Å². The Hall–Kier alpha value is -4.26. The van der Waals surface area contributed by atoms with Crippen LogP contribution in [0.3, 0.4) is 0 Å². The summed E-state index contributed by atoms with van der Waals surface area (Å²) in [5.41, 5.74) is 3.38. The zero-order valence-corrected chi connectivity index (χ0v) is 18.3. The van der Waals surface area contributed by atoms with Gasteiger partial charge in [-0.25, -0.2) is 0 Å². The van der Waals surface area contributed by atoms with E-state index in [9.17, 15) is 19.2 Å². The van der Waals surface area contributed by atoms with Gasteiger partial charge in [0, 0.05) is 30.4 Å². The highest BCUT2D eigenvalue weighted by Gasteiger charge is 2.35. The standard InChI is InChI=1S/C26H23N3O4/c1-16-19(24(31)27-2)9-6-10-22(16)28-23(30)18-11-12-20-21(15-18)26(33)29(25(20)32)14-13-17-7-4-3-5-8-17/h3-12,15H,13-14H2,1-2H3,(H,27,31)(H,28,30). The molecule has 0 atom stereocenters. The molecule has 7 nitrogen and oxygen atoms in total. The maximum atomic E-state index is 12.9. The van der Waals surface area contributed by atoms with E-state index in [1.54, 1.807) is 32.2 Å². The van der Waals surface area contributed by atoms with Crippen LogP contribution < -0.4 is 10.6 Å². The van der Waals surface area contributed by atoms with Gasteiger partial charge < -0.3 is 10.6 Å². The van der Waals surface area contributed by atoms with E-state index in [0.717, 1.165) is 5.56 Å². The third-order valence-corrected chi connectivity index (χ3v) is 5.75. The minimum absolute atomic E-state index is 0.219. The molecule has 0 aromatic heterocycles. The molecule has 0 saturated carbocycles. The molecule has 0 bridgehead atoms. The molecule has 1 heterocycles. The summed E-state index contributed by atoms with van der Waals surface area (Å²) in [5, 5.41) is 5.36. The number of fused-ring (bicyclic) bond motifs is 1. The Kier molecular flexibility index (Phi) is 6.04. The fourth-order valence-electron chi connectivity index (χ4n) is 3.87. The number of rotatable bonds is 6. The van der Waals surface area contributed by atoms with Crippen molar-refractivity contribution in [2.24, 2.45) is 0 Å². The third kappa shape index (κ3) is 4.25. The van der Waals surface area contributed by atoms with E-state index in [1.807, 2.05) is 30.3 Å². The van der Waals surface area contributed by atoms with Gasteiger partial charge >= 0.3 is 0 Å². The van der Waals surface area contributed by atoms with Crippen molar-refractivity contribution in [3.63, 3.8) is 0 Å². The molecule has 0 unspecified atom stereocenters. The lowest BCUT2D eigenvalue weighted by atomic mass is 10.0. The molecule has 0 spiro atoms. The fraction of sp³-hybridized carbons (Fsp3) is 0.154. The molecule has 7 heteroatoms. The van der Waals surface area contributed by atoms with Gasteiger partial charge in [0.25, 0.3) is 23.6 Å². The number of amides is 4. The zero-order valence-electron chi connectivity index (χ0n) is 18.3. The quantitative estimate of drug-likeness (QED) is 0.573. The summed E-state index contributed by atoms with van der Waals surface area (Å²) >= 11 is 0. The number of nitrogens with zero attached hydrogens (tertiary/aromatic N) is 1. The van der Waals surface area contributed by atoms with Gasteiger partial charge in [-0.3, -0.25) is 24.1 Å². The Morgan fingerprint density at radius 2 is 1.58 bits per heavy atom. The second-order valence-corrected chi connectivity index (χ2v) is 7.77. The van der Waals surface area contributed by atoms with E-state index in [1.165, 1.54) is 23.1 Å². The molecule has 2 N–H and O–H groups in total. The smallest absolute Gasteiger partial charge is 0.261 e. The van der Waals surface area contributed by atoms with Crippen molar-refractivity contribution in [2.45, 2.75) is 13.3 Å². The molecule has 4 amide bonds. The van der Waals surface area contributed by atoms with E-state index < -0.39 is 11.8 Å². The van der Waals surface area contributed by atoms with E-state index in [4.69, 9.17) is 0 Å². The molecule has 3 aromatic rings. The first-order valence-electron chi connectivity index (χ1n) is 10.6. The lowest BCUT2D eigenvalue weighted by molar-refractivity contribution is 0.0655. The summed E-state index contributed by atoms with van der Waals surface area (Å²) < 4.78 is 0. The molecule has 4 rings (SSSR count). The summed E-state index contributed by atoms with van der Waals surface area (Å²) in [7, 11) is 1.54. The van der Waals surface area contributed by atoms with Gasteiger partial charge in [-0.1, -0.05) is 36.4 Å². The summed E-state index contributed by atoms with van der Waals surface area (Å²) in [4.78, 5) is 51.7. The van der Waals surface area contributed by atoms with Gasteiger partial charge in [-0.15, -0.1) is 0 Å². The number of benzene rings is 3. The molecular formula is C26H23N3O4. The monoisotopic (exact) mass is 441 g/mol. The molecular weight excluding hydrogens is 418 g/mol. The van der Waals surface area contributed by atoms with Crippen molar-refractivity contribution in [1.82, 2.24) is 10.2 Å². The second kappa shape index (κ2) is 9.08. The Labute approximate surface area is 191 Å². The molecule has 33 heavy (non-hydrogen) atoms. The molecule has 166 valence electrons. The third-order valence-electron chi connectivity index (χ3n) is 5.75. The molecule has 3 aromatic carbocycles. The largest absolute Gasteiger partial charge is 0.355 e. The first-order chi connectivity index (χ1) is 15.9. The predicted octanol–water partition coefficient (Wildman–Crippen LogP) is 3.45. The Morgan fingerprint density at radius 3 is 2.30 bits per heavy atom. The van der Waals surface area contributed by atoms with Crippen LogP contribution in [-0.4, -0.2) is 42.1 Å². The van der Waals surface area contributed by atoms with Gasteiger partial charge in [0.2, 0.25) is 0 Å². The van der Waals surface area contributed by atoms with E-state index >= 15 is 0 Å². The highest BCUT2D eigenvalue weighted by molar-refractivity contribution is 6.22. The maximum absolute atomic E-state index is 12.9. The van der Waals surface area contributed by atoms with Gasteiger partial charge in [0.15, 0.2) is 0 Å². The van der Waals surface area contributed by atoms with Gasteiger partial charge in [-0.05, 0) is 54.8 Å². The molecule has 0 saturated heterocycles. The van der Waals surface area contributed by atoms with Crippen LogP contribution >= 0.6 is 0 Å². The van der Waals surface area contributed by atoms with Crippen molar-refractivity contribution in [1.29, 1.82) is 0 Å². The molecule has 0 radical (unpaired) electrons. The van der Waals surface area contributed by atoms with Crippen LogP contribution in [0.1, 0.15) is 52.6 Å². The lowest BCUT2D eigenvalue weighted by Crippen LogP contribution is -2.31. The summed E-state index contributed by atoms with van der Waals surface area (Å²) in [5.74, 6) is -1.44. The minimum atomic E-state index is -0.432. The molecule has 1 aliphatic rings. The number of imide groups is 1. The first-order valence-corrected chi connectivity index (χ1v) is 10.6. The first kappa shape index (κ1) is 22.0. The summed E-state index contributed by atoms with van der Waals surface area (Å²) in [6, 6.07) is 19.2. The fourth-order valence-corrected chi connectivity index (χ4v) is 3.87. The average molecular weight is 441 g/mol. The predicted molar refractivity (Wildman–Crippen MR) is 124 cm³/mol. The van der Waals surface area contributed by atoms with Crippen LogP contribution in [0.2, 0.25) is 0 Å². The number of hydrogen-bond donors (Lipinski definition) is 2. The van der Waals surface area contributed by atoms with Gasteiger partial charge in [-0.2, -0.15) is 0 Å². The topological polar surface area (TPSA) is 95.6 Å². The van der Waals surface area contributed by atoms with Crippen molar-refractivity contribution in [3.05, 3.63) is 100 Å². The minimum Gasteiger partial charge on any atom is -0.355 e. The highest BCUT2D eigenvalue weighted by Crippen LogP contribution is 2.26. The SMILES string of the molecule is CNC(=O)c1cccc(NC(=O)c2ccc3c(c2)C(=O)N(CCc2ccccc2)C3=O)c1C. The molecule has 0 aliphatic carbocycles. The second-order valence-electron chi connectivity index (χ2n) is 7.77. The maximum Gasteiger partial charge on any atom is 0.261 e. The van der Waals surface area contributed by atoms with Crippen LogP contribution in [0.5, 0.6) is 0 Å². The Balaban J connectivity index is 1.52. The Morgan fingerprint density at radius 1 is 0.848 bits per heavy atom. The summed E-state index contributed by atoms with van der Waals surface area (Å²) in [6.07, 6.45) is 0.556. The lowest BCUT2D eigenvalue weighted by Gasteiger charge is -2.13. The average Bonchev–Trinajstić information content (AvgIpc) is 3.08. The number of carbonyl (C=O) groups is 4. The van der Waals surface area contributed by atoms with Crippen LogP contribution in [-0.2, 0) is 6.42 Å². The van der Waals surface area contributed by atoms with Crippen molar-refractivity contribution in [3.8, 4) is 0 Å². The van der Waals surface area contributed by atoms with Crippen LogP contribution in [0.25, 0.3) is 0 Å². The zero-order chi connectivity index (χ0) is 23.5. The molecule has 0 fully saturated rings. The number of hydrogen-bond acceptors (Lipinski definition) is 4. The summed E-state index contributed by atoms with van der Waals surface area (Å²) in [6.45, 7) is 2.01. The van der Waals surface area contributed by atoms with Crippen molar-refractivity contribution >= 4 is 29.3 Å². The van der Waals surface area contributed by atoms with E-state index in [2.05, 4.69) is 10.6 Å². The van der Waals surface area contributed by atoms with Crippen LogP contribution in [0.4, 0.5) is 5.69 Å². The van der Waals surface area contributed by atoms with Crippen LogP contribution in [0, 0.1) is 6.92 Å². The van der Waals surface area contributed by atoms with Gasteiger partial charge in [0.1, 0.15) is 0 Å². The van der Waals surface area contributed by atoms with E-state index in [0.29, 0.717) is 28.8 Å². The number of carbonyl (C=O) groups excluding carboxylic acids is 4. The normalized spacial score (nSPS) is 12.5. The van der Waals surface area contributed by atoms with Crippen molar-refractivity contribution < 1.29 is 19.2 Å². The number of nitrogens with one attached hydrogen (secondary N) is 2. The number of anilines is 1.